The zero-order chi connectivity index (χ0) is 21.5. The van der Waals surface area contributed by atoms with E-state index in [2.05, 4.69) is 105 Å². The average Bonchev–Trinajstić information content (AvgIpc) is 3.00. The van der Waals surface area contributed by atoms with Gasteiger partial charge in [0.05, 0.1) is 0 Å². The van der Waals surface area contributed by atoms with Gasteiger partial charge in [0, 0.05) is 6.42 Å². The maximum Gasteiger partial charge on any atom is 0.0164 e. The highest BCUT2D eigenvalue weighted by Crippen LogP contribution is 2.44. The normalized spacial score (nSPS) is 14.1. The fourth-order valence-electron chi connectivity index (χ4n) is 4.36. The van der Waals surface area contributed by atoms with Gasteiger partial charge in [0.1, 0.15) is 0 Å². The van der Waals surface area contributed by atoms with Gasteiger partial charge in [-0.25, -0.2) is 0 Å². The monoisotopic (exact) mass is 387 g/mol. The molecule has 29 heavy (non-hydrogen) atoms. The van der Waals surface area contributed by atoms with Gasteiger partial charge >= 0.3 is 0 Å². The van der Waals surface area contributed by atoms with E-state index in [-0.39, 0.29) is 5.41 Å². The molecule has 0 unspecified atom stereocenters. The third-order valence-electron chi connectivity index (χ3n) is 6.00. The number of hydrogen-bond donors (Lipinski definition) is 0. The largest absolute Gasteiger partial charge is 0.0625 e. The molecule has 0 aliphatic heterocycles. The molecule has 0 saturated carbocycles. The summed E-state index contributed by atoms with van der Waals surface area (Å²) in [5.41, 5.74) is 11.5. The second-order valence-corrected chi connectivity index (χ2v) is 10.9. The minimum absolute atomic E-state index is 0.102. The van der Waals surface area contributed by atoms with Crippen LogP contribution in [0.5, 0.6) is 0 Å². The van der Waals surface area contributed by atoms with Crippen molar-refractivity contribution < 1.29 is 0 Å². The lowest BCUT2D eigenvalue weighted by Gasteiger charge is -2.26. The van der Waals surface area contributed by atoms with Crippen LogP contribution >= 0.6 is 0 Å². The summed E-state index contributed by atoms with van der Waals surface area (Å²) in [5, 5.41) is 0. The molecule has 0 bridgehead atoms. The molecule has 2 aromatic carbocycles. The standard InChI is InChI=1S/C29H39/c1-18(2)12-21-13-22-10-11-27(29(7,8)9)28(26(22)14-21)25-16-23(19(3)4)15-24(17-25)20(5)6/h10-11,13-20H,12H2,1-9H3. The van der Waals surface area contributed by atoms with Crippen LogP contribution in [-0.2, 0) is 5.41 Å². The van der Waals surface area contributed by atoms with Crippen LogP contribution in [0.15, 0.2) is 35.9 Å². The van der Waals surface area contributed by atoms with E-state index in [1.54, 1.807) is 0 Å². The fraction of sp³-hybridized carbons (Fsp3) is 0.483. The Morgan fingerprint density at radius 3 is 1.86 bits per heavy atom. The van der Waals surface area contributed by atoms with Gasteiger partial charge in [-0.2, -0.15) is 0 Å². The summed E-state index contributed by atoms with van der Waals surface area (Å²) in [6.07, 6.45) is 6.00. The average molecular weight is 388 g/mol. The number of allylic oxidation sites excluding steroid dienone is 1. The van der Waals surface area contributed by atoms with Crippen molar-refractivity contribution in [3.63, 3.8) is 0 Å². The fourth-order valence-corrected chi connectivity index (χ4v) is 4.36. The zero-order valence-corrected chi connectivity index (χ0v) is 20.0. The smallest absolute Gasteiger partial charge is 0.0164 e. The second kappa shape index (κ2) is 8.13. The molecule has 0 saturated heterocycles. The van der Waals surface area contributed by atoms with E-state index in [0.29, 0.717) is 17.8 Å². The molecule has 0 atom stereocenters. The molecular weight excluding hydrogens is 348 g/mol. The van der Waals surface area contributed by atoms with Crippen molar-refractivity contribution in [2.24, 2.45) is 5.92 Å². The van der Waals surface area contributed by atoms with Gasteiger partial charge in [-0.1, -0.05) is 104 Å². The number of benzene rings is 2. The summed E-state index contributed by atoms with van der Waals surface area (Å²) in [7, 11) is 0. The molecule has 0 heteroatoms. The summed E-state index contributed by atoms with van der Waals surface area (Å²) in [5.74, 6) is 1.73. The van der Waals surface area contributed by atoms with Gasteiger partial charge in [0.25, 0.3) is 0 Å². The van der Waals surface area contributed by atoms with Gasteiger partial charge in [-0.3, -0.25) is 0 Å². The molecule has 1 radical (unpaired) electrons. The molecule has 1 aliphatic carbocycles. The quantitative estimate of drug-likeness (QED) is 0.480. The SMILES string of the molecule is CC(C)CC1=Cc2c(ccc(C(C)(C)C)c2-c2cc(C(C)C)cc(C(C)C)c2)[CH]1. The summed E-state index contributed by atoms with van der Waals surface area (Å²) in [6, 6.07) is 12.0. The van der Waals surface area contributed by atoms with Crippen LogP contribution in [-0.4, -0.2) is 0 Å². The van der Waals surface area contributed by atoms with E-state index in [0.717, 1.165) is 6.42 Å². The first-order chi connectivity index (χ1) is 13.5. The molecule has 0 fully saturated rings. The van der Waals surface area contributed by atoms with Crippen molar-refractivity contribution in [1.82, 2.24) is 0 Å². The third kappa shape index (κ3) is 4.68. The minimum atomic E-state index is 0.102. The molecule has 3 rings (SSSR count). The predicted molar refractivity (Wildman–Crippen MR) is 130 cm³/mol. The second-order valence-electron chi connectivity index (χ2n) is 10.9. The maximum atomic E-state index is 2.46. The van der Waals surface area contributed by atoms with E-state index in [9.17, 15) is 0 Å². The predicted octanol–water partition coefficient (Wildman–Crippen LogP) is 8.89. The third-order valence-corrected chi connectivity index (χ3v) is 6.00. The zero-order valence-electron chi connectivity index (χ0n) is 20.0. The molecule has 1 aliphatic rings. The molecule has 0 N–H and O–H groups in total. The van der Waals surface area contributed by atoms with Gasteiger partial charge in [0.15, 0.2) is 0 Å². The Balaban J connectivity index is 2.29. The van der Waals surface area contributed by atoms with E-state index in [1.807, 2.05) is 0 Å². The molecule has 2 aromatic rings. The highest BCUT2D eigenvalue weighted by Gasteiger charge is 2.26. The van der Waals surface area contributed by atoms with Crippen molar-refractivity contribution in [2.75, 3.05) is 0 Å². The lowest BCUT2D eigenvalue weighted by Crippen LogP contribution is -2.14. The molecule has 0 aromatic heterocycles. The van der Waals surface area contributed by atoms with Crippen molar-refractivity contribution >= 4 is 6.08 Å². The number of hydrogen-bond acceptors (Lipinski definition) is 0. The van der Waals surface area contributed by atoms with Crippen LogP contribution in [0.4, 0.5) is 0 Å². The van der Waals surface area contributed by atoms with Crippen molar-refractivity contribution in [2.45, 2.75) is 86.0 Å². The van der Waals surface area contributed by atoms with Crippen molar-refractivity contribution in [1.29, 1.82) is 0 Å². The summed E-state index contributed by atoms with van der Waals surface area (Å²) < 4.78 is 0. The Hall–Kier alpha value is -1.82. The van der Waals surface area contributed by atoms with Crippen LogP contribution < -0.4 is 0 Å². The van der Waals surface area contributed by atoms with Crippen LogP contribution in [0.3, 0.4) is 0 Å². The van der Waals surface area contributed by atoms with Gasteiger partial charge in [-0.05, 0) is 68.5 Å². The lowest BCUT2D eigenvalue weighted by atomic mass is 9.78. The van der Waals surface area contributed by atoms with Gasteiger partial charge < -0.3 is 0 Å². The Labute approximate surface area is 179 Å². The Morgan fingerprint density at radius 1 is 0.793 bits per heavy atom. The van der Waals surface area contributed by atoms with E-state index in [4.69, 9.17) is 0 Å². The van der Waals surface area contributed by atoms with Crippen LogP contribution in [0, 0.1) is 12.3 Å². The first-order valence-electron chi connectivity index (χ1n) is 11.4. The number of rotatable bonds is 5. The Bertz CT molecular complexity index is 888. The summed E-state index contributed by atoms with van der Waals surface area (Å²) in [6.45, 7) is 20.8. The highest BCUT2D eigenvalue weighted by atomic mass is 14.3. The molecule has 0 heterocycles. The van der Waals surface area contributed by atoms with Crippen molar-refractivity contribution in [3.05, 3.63) is 70.1 Å². The lowest BCUT2D eigenvalue weighted by molar-refractivity contribution is 0.592. The molecule has 0 nitrogen and oxygen atoms in total. The summed E-state index contributed by atoms with van der Waals surface area (Å²) in [4.78, 5) is 0. The van der Waals surface area contributed by atoms with Crippen LogP contribution in [0.25, 0.3) is 17.2 Å². The Morgan fingerprint density at radius 2 is 1.38 bits per heavy atom. The van der Waals surface area contributed by atoms with E-state index < -0.39 is 0 Å². The van der Waals surface area contributed by atoms with Crippen molar-refractivity contribution in [3.8, 4) is 11.1 Å². The Kier molecular flexibility index (Phi) is 6.13. The molecular formula is C29H39. The highest BCUT2D eigenvalue weighted by molar-refractivity contribution is 5.86. The first kappa shape index (κ1) is 21.9. The minimum Gasteiger partial charge on any atom is -0.0625 e. The topological polar surface area (TPSA) is 0 Å². The first-order valence-corrected chi connectivity index (χ1v) is 11.4. The van der Waals surface area contributed by atoms with E-state index in [1.165, 1.54) is 44.5 Å². The van der Waals surface area contributed by atoms with Crippen LogP contribution in [0.1, 0.15) is 108 Å². The maximum absolute atomic E-state index is 2.46. The summed E-state index contributed by atoms with van der Waals surface area (Å²) >= 11 is 0. The molecule has 0 spiro atoms. The van der Waals surface area contributed by atoms with Gasteiger partial charge in [-0.15, -0.1) is 0 Å². The van der Waals surface area contributed by atoms with Crippen LogP contribution in [0.2, 0.25) is 0 Å². The molecule has 0 amide bonds. The van der Waals surface area contributed by atoms with E-state index >= 15 is 0 Å². The molecule has 155 valence electrons. The number of fused-ring (bicyclic) bond motifs is 1. The van der Waals surface area contributed by atoms with Gasteiger partial charge in [0.2, 0.25) is 0 Å².